The molecule has 1 rings (SSSR count). The van der Waals surface area contributed by atoms with Gasteiger partial charge in [-0.05, 0) is 32.0 Å². The van der Waals surface area contributed by atoms with Gasteiger partial charge in [0.1, 0.15) is 6.61 Å². The monoisotopic (exact) mass is 281 g/mol. The number of alkyl halides is 3. The van der Waals surface area contributed by atoms with Crippen molar-refractivity contribution in [2.45, 2.75) is 33.0 Å². The minimum absolute atomic E-state index is 0.0359. The Morgan fingerprint density at radius 2 is 2.06 bits per heavy atom. The molecule has 104 valence electrons. The molecule has 0 saturated heterocycles. The molecule has 1 aromatic rings. The van der Waals surface area contributed by atoms with Gasteiger partial charge in [0.15, 0.2) is 0 Å². The summed E-state index contributed by atoms with van der Waals surface area (Å²) in [6, 6.07) is 1.87. The average Bonchev–Trinajstić information content (AvgIpc) is 2.55. The molecule has 0 aromatic carbocycles. The second-order valence-corrected chi connectivity index (χ2v) is 5.43. The highest BCUT2D eigenvalue weighted by atomic mass is 32.1. The van der Waals surface area contributed by atoms with Crippen LogP contribution in [0.25, 0.3) is 0 Å². The van der Waals surface area contributed by atoms with E-state index in [0.29, 0.717) is 6.54 Å². The van der Waals surface area contributed by atoms with E-state index in [4.69, 9.17) is 4.74 Å². The number of hydrogen-bond donors (Lipinski definition) is 1. The van der Waals surface area contributed by atoms with Gasteiger partial charge in [-0.3, -0.25) is 0 Å². The van der Waals surface area contributed by atoms with Crippen molar-refractivity contribution in [2.75, 3.05) is 19.8 Å². The Hall–Kier alpha value is -0.590. The first-order valence-corrected chi connectivity index (χ1v) is 6.60. The van der Waals surface area contributed by atoms with E-state index in [-0.39, 0.29) is 12.6 Å². The standard InChI is InChI=1S/C12H18F3NOS/c1-4-16-10(6-17-7-12(13,14)15)11-8(2)5-9(3)18-11/h5,10,16H,4,6-7H2,1-3H3. The SMILES string of the molecule is CCNC(COCC(F)(F)F)c1sc(C)cc1C. The highest BCUT2D eigenvalue weighted by Crippen LogP contribution is 2.28. The minimum Gasteiger partial charge on any atom is -0.370 e. The van der Waals surface area contributed by atoms with Crippen molar-refractivity contribution in [1.29, 1.82) is 0 Å². The largest absolute Gasteiger partial charge is 0.411 e. The van der Waals surface area contributed by atoms with Crippen molar-refractivity contribution in [3.63, 3.8) is 0 Å². The quantitative estimate of drug-likeness (QED) is 0.860. The number of ether oxygens (including phenoxy) is 1. The zero-order valence-corrected chi connectivity index (χ0v) is 11.5. The maximum absolute atomic E-state index is 12.0. The van der Waals surface area contributed by atoms with Crippen LogP contribution in [0.15, 0.2) is 6.07 Å². The molecule has 0 radical (unpaired) electrons. The molecule has 0 fully saturated rings. The van der Waals surface area contributed by atoms with Gasteiger partial charge in [0.05, 0.1) is 12.6 Å². The molecule has 18 heavy (non-hydrogen) atoms. The number of aryl methyl sites for hydroxylation is 2. The molecule has 0 aliphatic rings. The Bertz CT molecular complexity index is 376. The van der Waals surface area contributed by atoms with Gasteiger partial charge in [-0.1, -0.05) is 6.92 Å². The molecule has 1 aromatic heterocycles. The lowest BCUT2D eigenvalue weighted by Gasteiger charge is -2.18. The van der Waals surface area contributed by atoms with Crippen LogP contribution < -0.4 is 5.32 Å². The molecule has 0 amide bonds. The number of nitrogens with one attached hydrogen (secondary N) is 1. The van der Waals surface area contributed by atoms with E-state index in [0.717, 1.165) is 15.3 Å². The first kappa shape index (κ1) is 15.5. The number of likely N-dealkylation sites (N-methyl/N-ethyl adjacent to an activating group) is 1. The zero-order valence-electron chi connectivity index (χ0n) is 10.7. The molecule has 1 atom stereocenters. The fraction of sp³-hybridized carbons (Fsp3) is 0.667. The normalized spacial score (nSPS) is 13.9. The van der Waals surface area contributed by atoms with E-state index in [9.17, 15) is 13.2 Å². The molecular formula is C12H18F3NOS. The third kappa shape index (κ3) is 4.96. The number of halogens is 3. The Morgan fingerprint density at radius 3 is 2.50 bits per heavy atom. The molecule has 0 saturated carbocycles. The molecule has 1 heterocycles. The van der Waals surface area contributed by atoms with Crippen LogP contribution in [0.5, 0.6) is 0 Å². The summed E-state index contributed by atoms with van der Waals surface area (Å²) < 4.78 is 40.9. The van der Waals surface area contributed by atoms with Gasteiger partial charge in [0.25, 0.3) is 0 Å². The van der Waals surface area contributed by atoms with Crippen LogP contribution in [0.1, 0.15) is 28.3 Å². The molecular weight excluding hydrogens is 263 g/mol. The Morgan fingerprint density at radius 1 is 1.39 bits per heavy atom. The second-order valence-electron chi connectivity index (χ2n) is 4.14. The summed E-state index contributed by atoms with van der Waals surface area (Å²) in [7, 11) is 0. The third-order valence-corrected chi connectivity index (χ3v) is 3.66. The Balaban J connectivity index is 2.63. The molecule has 2 nitrogen and oxygen atoms in total. The van der Waals surface area contributed by atoms with Crippen LogP contribution in [0.4, 0.5) is 13.2 Å². The lowest BCUT2D eigenvalue weighted by atomic mass is 10.1. The van der Waals surface area contributed by atoms with Crippen LogP contribution in [0.2, 0.25) is 0 Å². The summed E-state index contributed by atoms with van der Waals surface area (Å²) in [5.74, 6) is 0. The average molecular weight is 281 g/mol. The van der Waals surface area contributed by atoms with E-state index in [1.54, 1.807) is 11.3 Å². The first-order chi connectivity index (χ1) is 8.33. The molecule has 0 spiro atoms. The summed E-state index contributed by atoms with van der Waals surface area (Å²) in [5, 5.41) is 3.16. The molecule has 0 aliphatic heterocycles. The summed E-state index contributed by atoms with van der Waals surface area (Å²) in [4.78, 5) is 2.21. The number of rotatable bonds is 6. The molecule has 0 bridgehead atoms. The van der Waals surface area contributed by atoms with E-state index < -0.39 is 12.8 Å². The smallest absolute Gasteiger partial charge is 0.370 e. The topological polar surface area (TPSA) is 21.3 Å². The van der Waals surface area contributed by atoms with Gasteiger partial charge >= 0.3 is 6.18 Å². The fourth-order valence-electron chi connectivity index (χ4n) is 1.77. The summed E-state index contributed by atoms with van der Waals surface area (Å²) >= 11 is 1.60. The minimum atomic E-state index is -4.27. The second kappa shape index (κ2) is 6.54. The van der Waals surface area contributed by atoms with Crippen molar-refractivity contribution in [2.24, 2.45) is 0 Å². The van der Waals surface area contributed by atoms with Gasteiger partial charge in [-0.15, -0.1) is 11.3 Å². The third-order valence-electron chi connectivity index (χ3n) is 2.40. The van der Waals surface area contributed by atoms with E-state index in [1.165, 1.54) is 0 Å². The summed E-state index contributed by atoms with van der Waals surface area (Å²) in [5.41, 5.74) is 1.10. The first-order valence-electron chi connectivity index (χ1n) is 5.78. The molecule has 0 aliphatic carbocycles. The lowest BCUT2D eigenvalue weighted by molar-refractivity contribution is -0.175. The van der Waals surface area contributed by atoms with Crippen molar-refractivity contribution >= 4 is 11.3 Å². The molecule has 1 N–H and O–H groups in total. The number of hydrogen-bond acceptors (Lipinski definition) is 3. The predicted octanol–water partition coefficient (Wildman–Crippen LogP) is 3.59. The van der Waals surface area contributed by atoms with Gasteiger partial charge in [-0.2, -0.15) is 13.2 Å². The van der Waals surface area contributed by atoms with Crippen LogP contribution in [-0.4, -0.2) is 25.9 Å². The highest BCUT2D eigenvalue weighted by molar-refractivity contribution is 7.12. The van der Waals surface area contributed by atoms with Gasteiger partial charge in [0, 0.05) is 9.75 Å². The van der Waals surface area contributed by atoms with E-state index in [1.807, 2.05) is 26.8 Å². The van der Waals surface area contributed by atoms with E-state index in [2.05, 4.69) is 5.32 Å². The predicted molar refractivity (Wildman–Crippen MR) is 67.1 cm³/mol. The van der Waals surface area contributed by atoms with Crippen LogP contribution in [-0.2, 0) is 4.74 Å². The van der Waals surface area contributed by atoms with Crippen LogP contribution in [0, 0.1) is 13.8 Å². The van der Waals surface area contributed by atoms with Gasteiger partial charge < -0.3 is 10.1 Å². The molecule has 1 unspecified atom stereocenters. The Labute approximate surface area is 109 Å². The maximum Gasteiger partial charge on any atom is 0.411 e. The maximum atomic E-state index is 12.0. The fourth-order valence-corrected chi connectivity index (χ4v) is 2.87. The van der Waals surface area contributed by atoms with Crippen molar-refractivity contribution in [3.8, 4) is 0 Å². The van der Waals surface area contributed by atoms with Crippen molar-refractivity contribution < 1.29 is 17.9 Å². The van der Waals surface area contributed by atoms with Crippen molar-refractivity contribution in [3.05, 3.63) is 21.4 Å². The Kier molecular flexibility index (Phi) is 5.62. The van der Waals surface area contributed by atoms with Gasteiger partial charge in [-0.25, -0.2) is 0 Å². The zero-order chi connectivity index (χ0) is 13.8. The van der Waals surface area contributed by atoms with Crippen LogP contribution in [0.3, 0.4) is 0 Å². The van der Waals surface area contributed by atoms with Crippen molar-refractivity contribution in [1.82, 2.24) is 5.32 Å². The lowest BCUT2D eigenvalue weighted by Crippen LogP contribution is -2.27. The van der Waals surface area contributed by atoms with Gasteiger partial charge in [0.2, 0.25) is 0 Å². The molecule has 6 heteroatoms. The number of thiophene rings is 1. The summed E-state index contributed by atoms with van der Waals surface area (Å²) in [6.07, 6.45) is -4.27. The summed E-state index contributed by atoms with van der Waals surface area (Å²) in [6.45, 7) is 5.41. The van der Waals surface area contributed by atoms with E-state index >= 15 is 0 Å². The van der Waals surface area contributed by atoms with Crippen LogP contribution >= 0.6 is 11.3 Å². The highest BCUT2D eigenvalue weighted by Gasteiger charge is 2.28.